The molecule has 0 unspecified atom stereocenters. The quantitative estimate of drug-likeness (QED) is 0.0655. The molecular weight excluding hydrogens is 863 g/mol. The van der Waals surface area contributed by atoms with E-state index in [1.807, 2.05) is 112 Å². The minimum atomic E-state index is -4.09. The van der Waals surface area contributed by atoms with Crippen LogP contribution in [0.3, 0.4) is 0 Å². The third-order valence-corrected chi connectivity index (χ3v) is 11.6. The molecule has 0 aliphatic heterocycles. The van der Waals surface area contributed by atoms with Crippen molar-refractivity contribution >= 4 is 39.7 Å². The zero-order valence-corrected chi connectivity index (χ0v) is 38.8. The summed E-state index contributed by atoms with van der Waals surface area (Å²) in [5, 5.41) is 13.6. The molecule has 17 heteroatoms. The largest absolute Gasteiger partial charge is 0.444 e. The van der Waals surface area contributed by atoms with Gasteiger partial charge in [-0.3, -0.25) is 19.2 Å². The van der Waals surface area contributed by atoms with Crippen LogP contribution in [0.1, 0.15) is 75.0 Å². The number of rotatable bonds is 21. The Morgan fingerprint density at radius 1 is 0.697 bits per heavy atom. The number of amides is 5. The van der Waals surface area contributed by atoms with Gasteiger partial charge in [0.2, 0.25) is 23.6 Å². The fourth-order valence-corrected chi connectivity index (χ4v) is 7.89. The number of hydrogen-bond acceptors (Lipinski definition) is 10. The maximum Gasteiger partial charge on any atom is 0.408 e. The normalized spacial score (nSPS) is 13.0. The number of aryl methyl sites for hydroxylation is 1. The van der Waals surface area contributed by atoms with Crippen LogP contribution >= 0.6 is 0 Å². The van der Waals surface area contributed by atoms with Crippen LogP contribution in [-0.4, -0.2) is 84.0 Å². The lowest BCUT2D eigenvalue weighted by Gasteiger charge is -2.27. The van der Waals surface area contributed by atoms with Gasteiger partial charge in [0.15, 0.2) is 0 Å². The van der Waals surface area contributed by atoms with Crippen molar-refractivity contribution < 1.29 is 41.9 Å². The average Bonchev–Trinajstić information content (AvgIpc) is 3.76. The SMILES string of the molecule is Cc1ccc(S(=O)(=O)n2cnc(C[C@H](NC(=O)[C@H](COCc3ccccc3)NC(=O)CNC(=O)OC(C)(C)C)C(=O)N[C@@H](CC(C)C)C(=O)NC(c3ccccc3)c3ccccc3)c2)cc1. The molecule has 0 radical (unpaired) electrons. The minimum Gasteiger partial charge on any atom is -0.444 e. The number of nitrogens with one attached hydrogen (secondary N) is 5. The third-order valence-electron chi connectivity index (χ3n) is 9.99. The highest BCUT2D eigenvalue weighted by Gasteiger charge is 2.33. The number of benzene rings is 4. The van der Waals surface area contributed by atoms with Crippen molar-refractivity contribution in [2.75, 3.05) is 13.2 Å². The van der Waals surface area contributed by atoms with Crippen molar-refractivity contribution in [1.82, 2.24) is 35.5 Å². The summed E-state index contributed by atoms with van der Waals surface area (Å²) in [6.45, 7) is 9.81. The Hall–Kier alpha value is -6.85. The predicted octanol–water partition coefficient (Wildman–Crippen LogP) is 5.12. The number of carbonyl (C=O) groups excluding carboxylic acids is 5. The summed E-state index contributed by atoms with van der Waals surface area (Å²) < 4.78 is 39.2. The first-order valence-electron chi connectivity index (χ1n) is 21.6. The molecule has 1 heterocycles. The lowest BCUT2D eigenvalue weighted by atomic mass is 9.97. The van der Waals surface area contributed by atoms with Crippen molar-refractivity contribution in [1.29, 1.82) is 0 Å². The Morgan fingerprint density at radius 2 is 1.24 bits per heavy atom. The molecule has 0 saturated carbocycles. The number of carbonyl (C=O) groups is 5. The summed E-state index contributed by atoms with van der Waals surface area (Å²) in [5.74, 6) is -2.94. The van der Waals surface area contributed by atoms with Crippen molar-refractivity contribution in [3.63, 3.8) is 0 Å². The molecule has 5 amide bonds. The molecule has 5 rings (SSSR count). The number of imidazole rings is 1. The molecule has 66 heavy (non-hydrogen) atoms. The van der Waals surface area contributed by atoms with Gasteiger partial charge in [0.25, 0.3) is 10.0 Å². The van der Waals surface area contributed by atoms with Crippen molar-refractivity contribution in [2.45, 2.75) is 95.7 Å². The van der Waals surface area contributed by atoms with E-state index in [0.29, 0.717) is 0 Å². The van der Waals surface area contributed by atoms with Crippen LogP contribution in [0, 0.1) is 12.8 Å². The number of ether oxygens (including phenoxy) is 2. The van der Waals surface area contributed by atoms with Gasteiger partial charge in [-0.05, 0) is 68.9 Å². The fraction of sp³-hybridized carbons (Fsp3) is 0.347. The van der Waals surface area contributed by atoms with Gasteiger partial charge in [0, 0.05) is 12.6 Å². The van der Waals surface area contributed by atoms with E-state index < -0.39 is 76.1 Å². The Balaban J connectivity index is 1.43. The van der Waals surface area contributed by atoms with E-state index in [1.54, 1.807) is 32.9 Å². The Labute approximate surface area is 386 Å². The summed E-state index contributed by atoms with van der Waals surface area (Å²) in [5.41, 5.74) is 2.58. The summed E-state index contributed by atoms with van der Waals surface area (Å²) in [6, 6.07) is 29.7. The number of alkyl carbamates (subject to hydrolysis) is 1. The highest BCUT2D eigenvalue weighted by Crippen LogP contribution is 2.23. The van der Waals surface area contributed by atoms with Crippen LogP contribution in [0.2, 0.25) is 0 Å². The van der Waals surface area contributed by atoms with Crippen molar-refractivity contribution in [2.24, 2.45) is 5.92 Å². The van der Waals surface area contributed by atoms with E-state index in [9.17, 15) is 32.4 Å². The molecule has 350 valence electrons. The van der Waals surface area contributed by atoms with Gasteiger partial charge in [0.1, 0.15) is 36.6 Å². The molecule has 5 aromatic rings. The molecule has 0 spiro atoms. The average molecular weight is 922 g/mol. The zero-order chi connectivity index (χ0) is 47.9. The second-order valence-electron chi connectivity index (χ2n) is 17.2. The Morgan fingerprint density at radius 3 is 1.82 bits per heavy atom. The summed E-state index contributed by atoms with van der Waals surface area (Å²) in [7, 11) is -4.09. The van der Waals surface area contributed by atoms with Gasteiger partial charge in [-0.2, -0.15) is 0 Å². The summed E-state index contributed by atoms with van der Waals surface area (Å²) >= 11 is 0. The lowest BCUT2D eigenvalue weighted by Crippen LogP contribution is -2.59. The van der Waals surface area contributed by atoms with E-state index in [1.165, 1.54) is 18.3 Å². The van der Waals surface area contributed by atoms with Crippen LogP contribution in [0.4, 0.5) is 4.79 Å². The molecular formula is C49H59N7O9S. The van der Waals surface area contributed by atoms with E-state index in [2.05, 4.69) is 31.6 Å². The van der Waals surface area contributed by atoms with E-state index >= 15 is 0 Å². The molecule has 1 aromatic heterocycles. The predicted molar refractivity (Wildman–Crippen MR) is 248 cm³/mol. The topological polar surface area (TPSA) is 216 Å². The number of hydrogen-bond donors (Lipinski definition) is 5. The minimum absolute atomic E-state index is 0.0155. The van der Waals surface area contributed by atoms with Crippen LogP contribution in [-0.2, 0) is 51.7 Å². The molecule has 0 aliphatic carbocycles. The van der Waals surface area contributed by atoms with Crippen LogP contribution in [0.15, 0.2) is 133 Å². The van der Waals surface area contributed by atoms with Gasteiger partial charge in [-0.15, -0.1) is 0 Å². The molecule has 4 aromatic carbocycles. The molecule has 5 N–H and O–H groups in total. The first-order chi connectivity index (χ1) is 31.4. The van der Waals surface area contributed by atoms with Crippen LogP contribution in [0.5, 0.6) is 0 Å². The smallest absolute Gasteiger partial charge is 0.408 e. The van der Waals surface area contributed by atoms with Gasteiger partial charge < -0.3 is 36.1 Å². The molecule has 3 atom stereocenters. The molecule has 0 bridgehead atoms. The maximum atomic E-state index is 14.6. The Kier molecular flexibility index (Phi) is 17.8. The van der Waals surface area contributed by atoms with E-state index in [-0.39, 0.29) is 42.6 Å². The summed E-state index contributed by atoms with van der Waals surface area (Å²) in [4.78, 5) is 73.0. The molecule has 0 aliphatic rings. The van der Waals surface area contributed by atoms with Crippen molar-refractivity contribution in [3.05, 3.63) is 156 Å². The first kappa shape index (κ1) is 50.2. The number of nitrogens with zero attached hydrogens (tertiary/aromatic N) is 2. The summed E-state index contributed by atoms with van der Waals surface area (Å²) in [6.07, 6.45) is 1.38. The van der Waals surface area contributed by atoms with Gasteiger partial charge in [-0.1, -0.05) is 123 Å². The van der Waals surface area contributed by atoms with Crippen molar-refractivity contribution in [3.8, 4) is 0 Å². The Bertz CT molecular complexity index is 2460. The second-order valence-corrected chi connectivity index (χ2v) is 19.1. The van der Waals surface area contributed by atoms with Crippen LogP contribution in [0.25, 0.3) is 0 Å². The zero-order valence-electron chi connectivity index (χ0n) is 38.0. The van der Waals surface area contributed by atoms with E-state index in [4.69, 9.17) is 9.47 Å². The highest BCUT2D eigenvalue weighted by molar-refractivity contribution is 7.90. The molecule has 16 nitrogen and oxygen atoms in total. The van der Waals surface area contributed by atoms with Gasteiger partial charge in [0.05, 0.1) is 29.8 Å². The molecule has 0 fully saturated rings. The first-order valence-corrected chi connectivity index (χ1v) is 23.1. The fourth-order valence-electron chi connectivity index (χ4n) is 6.74. The van der Waals surface area contributed by atoms with E-state index in [0.717, 1.165) is 32.6 Å². The number of aromatic nitrogens is 2. The third kappa shape index (κ3) is 15.4. The standard InChI is InChI=1S/C49H59N7O9S/c1-33(2)26-40(46(59)55-44(36-18-12-8-13-19-36)37-20-14-9-15-21-37)53-45(58)41(27-38-29-56(32-51-38)66(62,63)39-24-22-34(3)23-25-39)54-47(60)42(31-64-30-35-16-10-7-11-17-35)52-43(57)28-50-48(61)65-49(4,5)6/h7-25,29,32-33,40-42,44H,26-28,30-31H2,1-6H3,(H,50,61)(H,52,57)(H,53,58)(H,54,60)(H,55,59)/t40-,41-,42-/m0/s1. The van der Waals surface area contributed by atoms with Gasteiger partial charge >= 0.3 is 6.09 Å². The molecule has 0 saturated heterocycles. The second kappa shape index (κ2) is 23.4. The van der Waals surface area contributed by atoms with Gasteiger partial charge in [-0.25, -0.2) is 22.2 Å². The monoisotopic (exact) mass is 921 g/mol. The highest BCUT2D eigenvalue weighted by atomic mass is 32.2. The maximum absolute atomic E-state index is 14.6. The lowest BCUT2D eigenvalue weighted by molar-refractivity contribution is -0.134. The van der Waals surface area contributed by atoms with Crippen LogP contribution < -0.4 is 26.6 Å².